The van der Waals surface area contributed by atoms with Crippen LogP contribution in [0.4, 0.5) is 0 Å². The van der Waals surface area contributed by atoms with Gasteiger partial charge in [-0.05, 0) is 30.5 Å². The molecule has 0 spiro atoms. The third kappa shape index (κ3) is 3.08. The molecule has 5 heteroatoms. The number of carbonyl (C=O) groups excluding carboxylic acids is 1. The summed E-state index contributed by atoms with van der Waals surface area (Å²) in [5, 5.41) is 9.39. The van der Waals surface area contributed by atoms with Gasteiger partial charge >= 0.3 is 5.97 Å². The lowest BCUT2D eigenvalue weighted by Crippen LogP contribution is -2.36. The van der Waals surface area contributed by atoms with E-state index < -0.39 is 11.4 Å². The number of amides is 1. The summed E-state index contributed by atoms with van der Waals surface area (Å²) < 4.78 is 5.07. The summed E-state index contributed by atoms with van der Waals surface area (Å²) in [6.45, 7) is 3.09. The first-order valence-electron chi connectivity index (χ1n) is 7.13. The Balaban J connectivity index is 2.15. The molecule has 0 aromatic heterocycles. The molecular formula is C16H21NO4. The number of nitrogens with zero attached hydrogens (tertiary/aromatic N) is 1. The minimum absolute atomic E-state index is 0.107. The van der Waals surface area contributed by atoms with Crippen molar-refractivity contribution in [1.29, 1.82) is 0 Å². The molecule has 1 aromatic rings. The number of methoxy groups -OCH3 is 1. The quantitative estimate of drug-likeness (QED) is 0.902. The third-order valence-electron chi connectivity index (χ3n) is 4.26. The van der Waals surface area contributed by atoms with Crippen LogP contribution >= 0.6 is 0 Å². The van der Waals surface area contributed by atoms with E-state index in [2.05, 4.69) is 0 Å². The average molecular weight is 291 g/mol. The Hall–Kier alpha value is -1.88. The highest BCUT2D eigenvalue weighted by molar-refractivity contribution is 5.95. The molecule has 1 amide bonds. The van der Waals surface area contributed by atoms with Gasteiger partial charge in [0.15, 0.2) is 0 Å². The van der Waals surface area contributed by atoms with E-state index in [4.69, 9.17) is 4.74 Å². The van der Waals surface area contributed by atoms with Gasteiger partial charge in [-0.15, -0.1) is 0 Å². The Morgan fingerprint density at radius 1 is 1.43 bits per heavy atom. The van der Waals surface area contributed by atoms with Gasteiger partial charge in [0.1, 0.15) is 0 Å². The number of ether oxygens (including phenoxy) is 1. The van der Waals surface area contributed by atoms with Crippen LogP contribution in [0.15, 0.2) is 24.3 Å². The van der Waals surface area contributed by atoms with Crippen LogP contribution in [0.25, 0.3) is 0 Å². The van der Waals surface area contributed by atoms with Gasteiger partial charge in [-0.2, -0.15) is 0 Å². The smallest absolute Gasteiger partial charge is 0.311 e. The summed E-state index contributed by atoms with van der Waals surface area (Å²) in [5.74, 6) is -0.919. The number of likely N-dealkylation sites (tertiary alicyclic amines) is 1. The molecule has 1 aliphatic heterocycles. The van der Waals surface area contributed by atoms with E-state index in [0.29, 0.717) is 31.6 Å². The Bertz CT molecular complexity index is 543. The first-order valence-corrected chi connectivity index (χ1v) is 7.13. The second-order valence-electron chi connectivity index (χ2n) is 5.55. The van der Waals surface area contributed by atoms with Gasteiger partial charge in [0.05, 0.1) is 12.0 Å². The molecule has 1 fully saturated rings. The van der Waals surface area contributed by atoms with Crippen molar-refractivity contribution in [1.82, 2.24) is 4.90 Å². The van der Waals surface area contributed by atoms with Crippen LogP contribution in [0, 0.1) is 5.41 Å². The highest BCUT2D eigenvalue weighted by atomic mass is 16.5. The molecule has 0 bridgehead atoms. The molecule has 5 nitrogen and oxygen atoms in total. The van der Waals surface area contributed by atoms with Crippen molar-refractivity contribution in [3.8, 4) is 0 Å². The fraction of sp³-hybridized carbons (Fsp3) is 0.500. The monoisotopic (exact) mass is 291 g/mol. The van der Waals surface area contributed by atoms with Gasteiger partial charge in [0, 0.05) is 25.8 Å². The number of hydrogen-bond acceptors (Lipinski definition) is 3. The molecule has 1 heterocycles. The Morgan fingerprint density at radius 2 is 2.19 bits per heavy atom. The number of carboxylic acids is 1. The lowest BCUT2D eigenvalue weighted by atomic mass is 9.84. The van der Waals surface area contributed by atoms with E-state index >= 15 is 0 Å². The van der Waals surface area contributed by atoms with Crippen molar-refractivity contribution < 1.29 is 19.4 Å². The van der Waals surface area contributed by atoms with E-state index in [0.717, 1.165) is 5.56 Å². The number of aliphatic carboxylic acids is 1. The Morgan fingerprint density at radius 3 is 2.76 bits per heavy atom. The highest BCUT2D eigenvalue weighted by Crippen LogP contribution is 2.34. The molecule has 0 radical (unpaired) electrons. The largest absolute Gasteiger partial charge is 0.481 e. The minimum Gasteiger partial charge on any atom is -0.481 e. The molecular weight excluding hydrogens is 270 g/mol. The Labute approximate surface area is 124 Å². The topological polar surface area (TPSA) is 66.8 Å². The third-order valence-corrected chi connectivity index (χ3v) is 4.26. The molecule has 0 aliphatic carbocycles. The zero-order valence-corrected chi connectivity index (χ0v) is 12.5. The SMILES string of the molecule is CCC1(C(=O)O)CCN(C(=O)c2cccc(COC)c2)C1. The first-order chi connectivity index (χ1) is 10.0. The Kier molecular flexibility index (Phi) is 4.63. The molecule has 21 heavy (non-hydrogen) atoms. The minimum atomic E-state index is -0.812. The van der Waals surface area contributed by atoms with Gasteiger partial charge in [0.2, 0.25) is 0 Å². The predicted octanol–water partition coefficient (Wildman–Crippen LogP) is 2.16. The van der Waals surface area contributed by atoms with E-state index in [1.165, 1.54) is 0 Å². The van der Waals surface area contributed by atoms with Crippen molar-refractivity contribution in [3.63, 3.8) is 0 Å². The molecule has 1 unspecified atom stereocenters. The van der Waals surface area contributed by atoms with Crippen molar-refractivity contribution in [2.45, 2.75) is 26.4 Å². The zero-order chi connectivity index (χ0) is 15.5. The predicted molar refractivity (Wildman–Crippen MR) is 78.0 cm³/mol. The zero-order valence-electron chi connectivity index (χ0n) is 12.5. The van der Waals surface area contributed by atoms with Crippen LogP contribution < -0.4 is 0 Å². The van der Waals surface area contributed by atoms with Gasteiger partial charge in [-0.1, -0.05) is 19.1 Å². The van der Waals surface area contributed by atoms with Gasteiger partial charge in [0.25, 0.3) is 5.91 Å². The van der Waals surface area contributed by atoms with Gasteiger partial charge in [-0.25, -0.2) is 0 Å². The second kappa shape index (κ2) is 6.26. The van der Waals surface area contributed by atoms with Crippen LogP contribution in [0.2, 0.25) is 0 Å². The molecule has 1 saturated heterocycles. The highest BCUT2D eigenvalue weighted by Gasteiger charge is 2.44. The average Bonchev–Trinajstić information content (AvgIpc) is 2.93. The normalized spacial score (nSPS) is 21.5. The number of hydrogen-bond donors (Lipinski definition) is 1. The fourth-order valence-corrected chi connectivity index (χ4v) is 2.80. The second-order valence-corrected chi connectivity index (χ2v) is 5.55. The molecule has 1 aliphatic rings. The fourth-order valence-electron chi connectivity index (χ4n) is 2.80. The van der Waals surface area contributed by atoms with E-state index in [1.54, 1.807) is 24.1 Å². The van der Waals surface area contributed by atoms with Crippen molar-refractivity contribution in [2.75, 3.05) is 20.2 Å². The summed E-state index contributed by atoms with van der Waals surface area (Å²) in [7, 11) is 1.61. The van der Waals surface area contributed by atoms with Crippen LogP contribution in [-0.4, -0.2) is 42.1 Å². The summed E-state index contributed by atoms with van der Waals surface area (Å²) in [4.78, 5) is 25.6. The van der Waals surface area contributed by atoms with E-state index in [9.17, 15) is 14.7 Å². The molecule has 0 saturated carbocycles. The number of carbonyl (C=O) groups is 2. The van der Waals surface area contributed by atoms with E-state index in [-0.39, 0.29) is 12.5 Å². The van der Waals surface area contributed by atoms with Crippen LogP contribution in [0.3, 0.4) is 0 Å². The molecule has 2 rings (SSSR count). The van der Waals surface area contributed by atoms with Gasteiger partial charge in [-0.3, -0.25) is 9.59 Å². The molecule has 1 N–H and O–H groups in total. The van der Waals surface area contributed by atoms with Crippen molar-refractivity contribution in [3.05, 3.63) is 35.4 Å². The summed E-state index contributed by atoms with van der Waals surface area (Å²) in [6.07, 6.45) is 1.05. The van der Waals surface area contributed by atoms with Crippen LogP contribution in [-0.2, 0) is 16.1 Å². The molecule has 114 valence electrons. The maximum absolute atomic E-state index is 12.5. The van der Waals surface area contributed by atoms with Crippen LogP contribution in [0.1, 0.15) is 35.7 Å². The number of rotatable bonds is 5. The summed E-state index contributed by atoms with van der Waals surface area (Å²) in [6, 6.07) is 7.28. The first kappa shape index (κ1) is 15.5. The number of benzene rings is 1. The molecule has 1 aromatic carbocycles. The summed E-state index contributed by atoms with van der Waals surface area (Å²) >= 11 is 0. The summed E-state index contributed by atoms with van der Waals surface area (Å²) in [5.41, 5.74) is 0.726. The number of carboxylic acid groups (broad SMARTS) is 1. The van der Waals surface area contributed by atoms with Crippen molar-refractivity contribution in [2.24, 2.45) is 5.41 Å². The van der Waals surface area contributed by atoms with Crippen LogP contribution in [0.5, 0.6) is 0 Å². The van der Waals surface area contributed by atoms with E-state index in [1.807, 2.05) is 19.1 Å². The van der Waals surface area contributed by atoms with Crippen molar-refractivity contribution >= 4 is 11.9 Å². The lowest BCUT2D eigenvalue weighted by Gasteiger charge is -2.23. The standard InChI is InChI=1S/C16H21NO4/c1-3-16(15(19)20)7-8-17(11-16)14(18)13-6-4-5-12(9-13)10-21-2/h4-6,9H,3,7-8,10-11H2,1-2H3,(H,19,20). The molecule has 1 atom stereocenters. The lowest BCUT2D eigenvalue weighted by molar-refractivity contribution is -0.148. The van der Waals surface area contributed by atoms with Gasteiger partial charge < -0.3 is 14.7 Å². The maximum atomic E-state index is 12.5. The maximum Gasteiger partial charge on any atom is 0.311 e.